The van der Waals surface area contributed by atoms with E-state index in [1.165, 1.54) is 16.7 Å². The van der Waals surface area contributed by atoms with Crippen LogP contribution in [0.3, 0.4) is 0 Å². The summed E-state index contributed by atoms with van der Waals surface area (Å²) in [6, 6.07) is 24.1. The van der Waals surface area contributed by atoms with E-state index in [0.717, 1.165) is 22.6 Å². The highest BCUT2D eigenvalue weighted by molar-refractivity contribution is 7.99. The maximum Gasteiger partial charge on any atom is 0.250 e. The molecular weight excluding hydrogens is 392 g/mol. The van der Waals surface area contributed by atoms with Gasteiger partial charge in [-0.25, -0.2) is 5.43 Å². The van der Waals surface area contributed by atoms with E-state index in [0.29, 0.717) is 12.4 Å². The molecule has 0 fully saturated rings. The van der Waals surface area contributed by atoms with Gasteiger partial charge in [0.15, 0.2) is 0 Å². The Labute approximate surface area is 182 Å². The second-order valence-electron chi connectivity index (χ2n) is 7.09. The lowest BCUT2D eigenvalue weighted by Crippen LogP contribution is -2.19. The fourth-order valence-corrected chi connectivity index (χ4v) is 3.83. The summed E-state index contributed by atoms with van der Waals surface area (Å²) in [5.74, 6) is 1.76. The summed E-state index contributed by atoms with van der Waals surface area (Å²) in [6.07, 6.45) is 1.62. The second kappa shape index (κ2) is 11.2. The Morgan fingerprint density at radius 3 is 2.43 bits per heavy atom. The summed E-state index contributed by atoms with van der Waals surface area (Å²) in [6.45, 7) is 4.65. The lowest BCUT2D eigenvalue weighted by molar-refractivity contribution is -0.118. The lowest BCUT2D eigenvalue weighted by Gasteiger charge is -2.09. The van der Waals surface area contributed by atoms with Crippen molar-refractivity contribution in [1.82, 2.24) is 5.43 Å². The number of hydrogen-bond donors (Lipinski definition) is 1. The SMILES string of the molecule is Cc1cc(C)cc(CSCC(=O)N/N=C\c2ccccc2OCc2ccccc2)c1. The van der Waals surface area contributed by atoms with Crippen LogP contribution in [-0.2, 0) is 17.2 Å². The van der Waals surface area contributed by atoms with Crippen LogP contribution in [0.5, 0.6) is 5.75 Å². The maximum atomic E-state index is 12.1. The standard InChI is InChI=1S/C25H26N2O2S/c1-19-12-20(2)14-22(13-19)17-30-18-25(28)27-26-15-23-10-6-7-11-24(23)29-16-21-8-4-3-5-9-21/h3-15H,16-18H2,1-2H3,(H,27,28)/b26-15-. The minimum atomic E-state index is -0.122. The molecule has 3 rings (SSSR count). The van der Waals surface area contributed by atoms with Gasteiger partial charge in [-0.05, 0) is 37.1 Å². The molecule has 154 valence electrons. The zero-order valence-electron chi connectivity index (χ0n) is 17.3. The van der Waals surface area contributed by atoms with Crippen LogP contribution in [-0.4, -0.2) is 17.9 Å². The van der Waals surface area contributed by atoms with E-state index in [4.69, 9.17) is 4.74 Å². The molecule has 0 spiro atoms. The van der Waals surface area contributed by atoms with Crippen LogP contribution >= 0.6 is 11.8 Å². The number of nitrogens with zero attached hydrogens (tertiary/aromatic N) is 1. The van der Waals surface area contributed by atoms with Crippen molar-refractivity contribution in [2.75, 3.05) is 5.75 Å². The Bertz CT molecular complexity index is 983. The molecule has 4 nitrogen and oxygen atoms in total. The Hall–Kier alpha value is -3.05. The number of benzene rings is 3. The van der Waals surface area contributed by atoms with E-state index in [1.807, 2.05) is 54.6 Å². The third-order valence-electron chi connectivity index (χ3n) is 4.33. The van der Waals surface area contributed by atoms with E-state index in [9.17, 15) is 4.79 Å². The lowest BCUT2D eigenvalue weighted by atomic mass is 10.1. The zero-order chi connectivity index (χ0) is 21.2. The molecule has 0 aliphatic rings. The van der Waals surface area contributed by atoms with Crippen LogP contribution in [0.1, 0.15) is 27.8 Å². The average molecular weight is 419 g/mol. The molecular formula is C25H26N2O2S. The van der Waals surface area contributed by atoms with Crippen molar-refractivity contribution < 1.29 is 9.53 Å². The quantitative estimate of drug-likeness (QED) is 0.381. The van der Waals surface area contributed by atoms with E-state index in [2.05, 4.69) is 42.6 Å². The highest BCUT2D eigenvalue weighted by Gasteiger charge is 2.04. The molecule has 0 aliphatic heterocycles. The summed E-state index contributed by atoms with van der Waals surface area (Å²) in [7, 11) is 0. The van der Waals surface area contributed by atoms with E-state index >= 15 is 0 Å². The first-order valence-electron chi connectivity index (χ1n) is 9.83. The van der Waals surface area contributed by atoms with Crippen molar-refractivity contribution in [2.24, 2.45) is 5.10 Å². The number of para-hydroxylation sites is 1. The molecule has 0 radical (unpaired) electrons. The van der Waals surface area contributed by atoms with Crippen molar-refractivity contribution in [3.05, 3.63) is 101 Å². The van der Waals surface area contributed by atoms with Gasteiger partial charge in [-0.1, -0.05) is 71.8 Å². The highest BCUT2D eigenvalue weighted by atomic mass is 32.2. The van der Waals surface area contributed by atoms with Crippen molar-refractivity contribution in [3.8, 4) is 5.75 Å². The Kier molecular flexibility index (Phi) is 8.10. The number of aryl methyl sites for hydroxylation is 2. The molecule has 0 saturated heterocycles. The minimum absolute atomic E-state index is 0.122. The second-order valence-corrected chi connectivity index (χ2v) is 8.08. The molecule has 0 aliphatic carbocycles. The zero-order valence-corrected chi connectivity index (χ0v) is 18.1. The van der Waals surface area contributed by atoms with Crippen LogP contribution in [0, 0.1) is 13.8 Å². The third-order valence-corrected chi connectivity index (χ3v) is 5.34. The van der Waals surface area contributed by atoms with E-state index in [-0.39, 0.29) is 5.91 Å². The summed E-state index contributed by atoms with van der Waals surface area (Å²) in [5.41, 5.74) is 8.23. The number of hydrogen-bond acceptors (Lipinski definition) is 4. The summed E-state index contributed by atoms with van der Waals surface area (Å²) in [4.78, 5) is 12.1. The van der Waals surface area contributed by atoms with E-state index < -0.39 is 0 Å². The van der Waals surface area contributed by atoms with Crippen molar-refractivity contribution in [3.63, 3.8) is 0 Å². The number of amides is 1. The van der Waals surface area contributed by atoms with Gasteiger partial charge < -0.3 is 4.74 Å². The number of thioether (sulfide) groups is 1. The van der Waals surface area contributed by atoms with Gasteiger partial charge in [0.25, 0.3) is 0 Å². The fourth-order valence-electron chi connectivity index (χ4n) is 3.07. The van der Waals surface area contributed by atoms with Gasteiger partial charge in [0.1, 0.15) is 12.4 Å². The van der Waals surface area contributed by atoms with Crippen molar-refractivity contribution >= 4 is 23.9 Å². The van der Waals surface area contributed by atoms with Gasteiger partial charge in [-0.2, -0.15) is 5.10 Å². The molecule has 0 atom stereocenters. The van der Waals surface area contributed by atoms with Gasteiger partial charge >= 0.3 is 0 Å². The average Bonchev–Trinajstić information content (AvgIpc) is 2.73. The van der Waals surface area contributed by atoms with Gasteiger partial charge in [-0.15, -0.1) is 11.8 Å². The molecule has 30 heavy (non-hydrogen) atoms. The smallest absolute Gasteiger partial charge is 0.250 e. The third kappa shape index (κ3) is 7.08. The number of ether oxygens (including phenoxy) is 1. The first-order valence-corrected chi connectivity index (χ1v) is 11.0. The highest BCUT2D eigenvalue weighted by Crippen LogP contribution is 2.18. The molecule has 0 heterocycles. The molecule has 0 saturated carbocycles. The molecule has 0 bridgehead atoms. The van der Waals surface area contributed by atoms with Crippen LogP contribution < -0.4 is 10.2 Å². The predicted octanol–water partition coefficient (Wildman–Crippen LogP) is 5.27. The molecule has 0 unspecified atom stereocenters. The predicted molar refractivity (Wildman–Crippen MR) is 125 cm³/mol. The van der Waals surface area contributed by atoms with Gasteiger partial charge in [0.05, 0.1) is 12.0 Å². The molecule has 1 N–H and O–H groups in total. The normalized spacial score (nSPS) is 10.9. The van der Waals surface area contributed by atoms with Crippen molar-refractivity contribution in [1.29, 1.82) is 0 Å². The van der Waals surface area contributed by atoms with Crippen molar-refractivity contribution in [2.45, 2.75) is 26.2 Å². The first-order chi connectivity index (χ1) is 14.6. The van der Waals surface area contributed by atoms with Gasteiger partial charge in [0, 0.05) is 11.3 Å². The summed E-state index contributed by atoms with van der Waals surface area (Å²) < 4.78 is 5.91. The van der Waals surface area contributed by atoms with E-state index in [1.54, 1.807) is 18.0 Å². The van der Waals surface area contributed by atoms with Crippen LogP contribution in [0.2, 0.25) is 0 Å². The number of carbonyl (C=O) groups is 1. The monoisotopic (exact) mass is 418 g/mol. The van der Waals surface area contributed by atoms with Crippen LogP contribution in [0.4, 0.5) is 0 Å². The topological polar surface area (TPSA) is 50.7 Å². The molecule has 0 aromatic heterocycles. The van der Waals surface area contributed by atoms with Gasteiger partial charge in [-0.3, -0.25) is 4.79 Å². The Morgan fingerprint density at radius 1 is 0.967 bits per heavy atom. The Balaban J connectivity index is 1.47. The van der Waals surface area contributed by atoms with Gasteiger partial charge in [0.2, 0.25) is 5.91 Å². The molecule has 5 heteroatoms. The van der Waals surface area contributed by atoms with Crippen LogP contribution in [0.15, 0.2) is 77.9 Å². The minimum Gasteiger partial charge on any atom is -0.488 e. The maximum absolute atomic E-state index is 12.1. The Morgan fingerprint density at radius 2 is 1.67 bits per heavy atom. The fraction of sp³-hybridized carbons (Fsp3) is 0.200. The largest absolute Gasteiger partial charge is 0.488 e. The number of hydrazone groups is 1. The number of rotatable bonds is 9. The molecule has 3 aromatic carbocycles. The number of carbonyl (C=O) groups excluding carboxylic acids is 1. The number of nitrogens with one attached hydrogen (secondary N) is 1. The van der Waals surface area contributed by atoms with Crippen LogP contribution in [0.25, 0.3) is 0 Å². The molecule has 3 aromatic rings. The first kappa shape index (κ1) is 21.7. The molecule has 1 amide bonds. The summed E-state index contributed by atoms with van der Waals surface area (Å²) >= 11 is 1.58. The summed E-state index contributed by atoms with van der Waals surface area (Å²) in [5, 5.41) is 4.09.